The van der Waals surface area contributed by atoms with Crippen LogP contribution >= 0.6 is 0 Å². The number of halogens is 4. The van der Waals surface area contributed by atoms with Crippen molar-refractivity contribution in [3.05, 3.63) is 29.6 Å². The Bertz CT molecular complexity index is 443. The summed E-state index contributed by atoms with van der Waals surface area (Å²) in [6, 6.07) is 1.86. The highest BCUT2D eigenvalue weighted by atomic mass is 19.4. The summed E-state index contributed by atoms with van der Waals surface area (Å²) >= 11 is 0. The van der Waals surface area contributed by atoms with Gasteiger partial charge in [-0.05, 0) is 25.1 Å². The van der Waals surface area contributed by atoms with E-state index in [1.165, 1.54) is 0 Å². The predicted molar refractivity (Wildman–Crippen MR) is 58.3 cm³/mol. The molecule has 0 saturated heterocycles. The summed E-state index contributed by atoms with van der Waals surface area (Å²) in [5.74, 6) is -1.91. The van der Waals surface area contributed by atoms with Crippen LogP contribution in [0, 0.1) is 5.82 Å². The molecular formula is C11H12F4N2O. The molecule has 0 aliphatic rings. The van der Waals surface area contributed by atoms with Gasteiger partial charge in [0.15, 0.2) is 0 Å². The lowest BCUT2D eigenvalue weighted by Crippen LogP contribution is -2.24. The summed E-state index contributed by atoms with van der Waals surface area (Å²) in [5, 5.41) is 2.23. The van der Waals surface area contributed by atoms with Crippen molar-refractivity contribution in [3.63, 3.8) is 0 Å². The van der Waals surface area contributed by atoms with E-state index in [1.807, 2.05) is 0 Å². The van der Waals surface area contributed by atoms with E-state index in [2.05, 4.69) is 5.32 Å². The van der Waals surface area contributed by atoms with Crippen LogP contribution in [0.15, 0.2) is 18.2 Å². The van der Waals surface area contributed by atoms with Crippen molar-refractivity contribution in [1.82, 2.24) is 0 Å². The van der Waals surface area contributed by atoms with Crippen LogP contribution in [0.2, 0.25) is 0 Å². The van der Waals surface area contributed by atoms with Crippen LogP contribution < -0.4 is 11.1 Å². The fourth-order valence-electron chi connectivity index (χ4n) is 1.32. The minimum Gasteiger partial charge on any atom is -0.327 e. The SMILES string of the molecule is CC(N)CC(=O)Nc1ccc(F)c(C(F)(F)F)c1. The number of alkyl halides is 3. The minimum absolute atomic E-state index is 0.0290. The summed E-state index contributed by atoms with van der Waals surface area (Å²) in [6.45, 7) is 1.59. The zero-order chi connectivity index (χ0) is 13.9. The van der Waals surface area contributed by atoms with E-state index in [4.69, 9.17) is 5.73 Å². The molecule has 1 aromatic rings. The third-order valence-electron chi connectivity index (χ3n) is 2.06. The molecule has 7 heteroatoms. The molecule has 1 rings (SSSR count). The topological polar surface area (TPSA) is 55.1 Å². The van der Waals surface area contributed by atoms with E-state index in [9.17, 15) is 22.4 Å². The normalized spacial score (nSPS) is 13.2. The first kappa shape index (κ1) is 14.4. The van der Waals surface area contributed by atoms with E-state index in [1.54, 1.807) is 6.92 Å². The van der Waals surface area contributed by atoms with Gasteiger partial charge in [0.2, 0.25) is 5.91 Å². The smallest absolute Gasteiger partial charge is 0.327 e. The lowest BCUT2D eigenvalue weighted by Gasteiger charge is -2.11. The van der Waals surface area contributed by atoms with Gasteiger partial charge in [0, 0.05) is 18.2 Å². The number of hydrogen-bond acceptors (Lipinski definition) is 2. The Morgan fingerprint density at radius 1 is 1.44 bits per heavy atom. The van der Waals surface area contributed by atoms with Crippen LogP contribution in [0.3, 0.4) is 0 Å². The molecule has 1 atom stereocenters. The minimum atomic E-state index is -4.80. The molecule has 0 spiro atoms. The maximum absolute atomic E-state index is 13.0. The summed E-state index contributed by atoms with van der Waals surface area (Å²) in [6.07, 6.45) is -4.83. The number of nitrogens with one attached hydrogen (secondary N) is 1. The van der Waals surface area contributed by atoms with E-state index in [-0.39, 0.29) is 12.1 Å². The molecule has 1 amide bonds. The molecule has 0 heterocycles. The number of rotatable bonds is 3. The lowest BCUT2D eigenvalue weighted by atomic mass is 10.1. The molecule has 0 bridgehead atoms. The quantitative estimate of drug-likeness (QED) is 0.824. The molecule has 0 fully saturated rings. The summed E-state index contributed by atoms with van der Waals surface area (Å²) in [7, 11) is 0. The summed E-state index contributed by atoms with van der Waals surface area (Å²) < 4.78 is 50.2. The van der Waals surface area contributed by atoms with Crippen LogP contribution in [0.5, 0.6) is 0 Å². The molecule has 3 N–H and O–H groups in total. The highest BCUT2D eigenvalue weighted by molar-refractivity contribution is 5.91. The van der Waals surface area contributed by atoms with Crippen LogP contribution in [0.4, 0.5) is 23.2 Å². The average molecular weight is 264 g/mol. The van der Waals surface area contributed by atoms with Gasteiger partial charge in [-0.2, -0.15) is 13.2 Å². The zero-order valence-corrected chi connectivity index (χ0v) is 9.51. The van der Waals surface area contributed by atoms with Gasteiger partial charge in [-0.1, -0.05) is 0 Å². The van der Waals surface area contributed by atoms with E-state index < -0.39 is 29.5 Å². The second-order valence-electron chi connectivity index (χ2n) is 3.92. The van der Waals surface area contributed by atoms with Gasteiger partial charge in [-0.25, -0.2) is 4.39 Å². The second kappa shape index (κ2) is 5.34. The van der Waals surface area contributed by atoms with Crippen LogP contribution in [-0.4, -0.2) is 11.9 Å². The first-order valence-electron chi connectivity index (χ1n) is 5.12. The summed E-state index contributed by atoms with van der Waals surface area (Å²) in [5.41, 5.74) is 3.84. The lowest BCUT2D eigenvalue weighted by molar-refractivity contribution is -0.140. The molecule has 1 aromatic carbocycles. The van der Waals surface area contributed by atoms with Crippen molar-refractivity contribution < 1.29 is 22.4 Å². The average Bonchev–Trinajstić information content (AvgIpc) is 2.17. The maximum Gasteiger partial charge on any atom is 0.419 e. The van der Waals surface area contributed by atoms with Gasteiger partial charge >= 0.3 is 6.18 Å². The Hall–Kier alpha value is -1.63. The Labute approximate surface area is 101 Å². The van der Waals surface area contributed by atoms with Gasteiger partial charge in [0.25, 0.3) is 0 Å². The number of benzene rings is 1. The number of amides is 1. The summed E-state index contributed by atoms with van der Waals surface area (Å²) in [4.78, 5) is 11.3. The van der Waals surface area contributed by atoms with Crippen molar-refractivity contribution >= 4 is 11.6 Å². The number of hydrogen-bond donors (Lipinski definition) is 2. The molecular weight excluding hydrogens is 252 g/mol. The first-order valence-corrected chi connectivity index (χ1v) is 5.12. The highest BCUT2D eigenvalue weighted by Crippen LogP contribution is 2.32. The van der Waals surface area contributed by atoms with Gasteiger partial charge in [0.1, 0.15) is 5.82 Å². The first-order chi connectivity index (χ1) is 8.20. The molecule has 0 saturated carbocycles. The zero-order valence-electron chi connectivity index (χ0n) is 9.51. The molecule has 0 aliphatic heterocycles. The van der Waals surface area contributed by atoms with Crippen molar-refractivity contribution in [2.75, 3.05) is 5.32 Å². The van der Waals surface area contributed by atoms with Crippen LogP contribution in [0.1, 0.15) is 18.9 Å². The monoisotopic (exact) mass is 264 g/mol. The molecule has 0 aliphatic carbocycles. The third-order valence-corrected chi connectivity index (χ3v) is 2.06. The molecule has 3 nitrogen and oxygen atoms in total. The third kappa shape index (κ3) is 3.99. The van der Waals surface area contributed by atoms with Crippen molar-refractivity contribution in [2.45, 2.75) is 25.6 Å². The largest absolute Gasteiger partial charge is 0.419 e. The van der Waals surface area contributed by atoms with Crippen molar-refractivity contribution in [1.29, 1.82) is 0 Å². The molecule has 18 heavy (non-hydrogen) atoms. The molecule has 100 valence electrons. The van der Waals surface area contributed by atoms with Gasteiger partial charge in [0.05, 0.1) is 5.56 Å². The maximum atomic E-state index is 13.0. The van der Waals surface area contributed by atoms with Gasteiger partial charge < -0.3 is 11.1 Å². The van der Waals surface area contributed by atoms with E-state index in [0.717, 1.165) is 6.07 Å². The Morgan fingerprint density at radius 2 is 2.06 bits per heavy atom. The predicted octanol–water partition coefficient (Wildman–Crippen LogP) is 2.52. The van der Waals surface area contributed by atoms with Crippen LogP contribution in [0.25, 0.3) is 0 Å². The Morgan fingerprint density at radius 3 is 2.56 bits per heavy atom. The van der Waals surface area contributed by atoms with Crippen molar-refractivity contribution in [2.24, 2.45) is 5.73 Å². The number of nitrogens with two attached hydrogens (primary N) is 1. The number of carbonyl (C=O) groups is 1. The fourth-order valence-corrected chi connectivity index (χ4v) is 1.32. The number of carbonyl (C=O) groups excluding carboxylic acids is 1. The number of anilines is 1. The van der Waals surface area contributed by atoms with Gasteiger partial charge in [-0.3, -0.25) is 4.79 Å². The molecule has 1 unspecified atom stereocenters. The van der Waals surface area contributed by atoms with Crippen LogP contribution in [-0.2, 0) is 11.0 Å². The van der Waals surface area contributed by atoms with Crippen molar-refractivity contribution in [3.8, 4) is 0 Å². The molecule has 0 aromatic heterocycles. The van der Waals surface area contributed by atoms with E-state index >= 15 is 0 Å². The van der Waals surface area contributed by atoms with E-state index in [0.29, 0.717) is 12.1 Å². The Balaban J connectivity index is 2.89. The highest BCUT2D eigenvalue weighted by Gasteiger charge is 2.34. The second-order valence-corrected chi connectivity index (χ2v) is 3.92. The Kier molecular flexibility index (Phi) is 4.28. The fraction of sp³-hybridized carbons (Fsp3) is 0.364. The standard InChI is InChI=1S/C11H12F4N2O/c1-6(16)4-10(18)17-7-2-3-9(12)8(5-7)11(13,14)15/h2-3,5-6H,4,16H2,1H3,(H,17,18). The van der Waals surface area contributed by atoms with Gasteiger partial charge in [-0.15, -0.1) is 0 Å². The molecule has 0 radical (unpaired) electrons.